The Balaban J connectivity index is 2.27. The fourth-order valence-electron chi connectivity index (χ4n) is 1.54. The third-order valence-electron chi connectivity index (χ3n) is 2.51. The number of rotatable bonds is 4. The Morgan fingerprint density at radius 1 is 1.40 bits per heavy atom. The van der Waals surface area contributed by atoms with E-state index >= 15 is 0 Å². The lowest BCUT2D eigenvalue weighted by Crippen LogP contribution is -2.24. The maximum atomic E-state index is 13.8. The maximum Gasteiger partial charge on any atom is 0.243 e. The van der Waals surface area contributed by atoms with Gasteiger partial charge in [0.05, 0.1) is 5.69 Å². The highest BCUT2D eigenvalue weighted by molar-refractivity contribution is 7.89. The van der Waals surface area contributed by atoms with Crippen LogP contribution in [0.15, 0.2) is 41.6 Å². The summed E-state index contributed by atoms with van der Waals surface area (Å²) < 4.78 is 40.1. The molecule has 0 fully saturated rings. The standard InChI is InChI=1S/C12H11ClFN3O2S/c13-9-4-10(15)12(14)11(5-9)20(18,19)17-7-8-2-1-3-16-6-8/h1-6,17H,7,15H2. The van der Waals surface area contributed by atoms with Gasteiger partial charge < -0.3 is 5.73 Å². The number of nitrogens with zero attached hydrogens (tertiary/aromatic N) is 1. The van der Waals surface area contributed by atoms with Crippen molar-refractivity contribution >= 4 is 27.3 Å². The summed E-state index contributed by atoms with van der Waals surface area (Å²) in [6, 6.07) is 5.52. The minimum atomic E-state index is -4.05. The molecular formula is C12H11ClFN3O2S. The Hall–Kier alpha value is -1.70. The minimum Gasteiger partial charge on any atom is -0.396 e. The molecule has 1 heterocycles. The summed E-state index contributed by atoms with van der Waals surface area (Å²) >= 11 is 5.70. The van der Waals surface area contributed by atoms with Gasteiger partial charge in [-0.1, -0.05) is 17.7 Å². The van der Waals surface area contributed by atoms with Gasteiger partial charge in [-0.25, -0.2) is 17.5 Å². The van der Waals surface area contributed by atoms with E-state index in [1.165, 1.54) is 6.20 Å². The number of aromatic nitrogens is 1. The molecule has 0 bridgehead atoms. The number of hydrogen-bond donors (Lipinski definition) is 2. The molecule has 2 rings (SSSR count). The van der Waals surface area contributed by atoms with Crippen LogP contribution in [0, 0.1) is 5.82 Å². The summed E-state index contributed by atoms with van der Waals surface area (Å²) in [5, 5.41) is 0.0469. The lowest BCUT2D eigenvalue weighted by molar-refractivity contribution is 0.558. The first kappa shape index (κ1) is 14.7. The average Bonchev–Trinajstić information content (AvgIpc) is 2.42. The molecule has 0 amide bonds. The van der Waals surface area contributed by atoms with Gasteiger partial charge in [0.1, 0.15) is 4.90 Å². The fourth-order valence-corrected chi connectivity index (χ4v) is 2.98. The van der Waals surface area contributed by atoms with Crippen LogP contribution in [0.5, 0.6) is 0 Å². The molecule has 0 unspecified atom stereocenters. The minimum absolute atomic E-state index is 0.0119. The zero-order valence-corrected chi connectivity index (χ0v) is 11.7. The number of nitrogens with two attached hydrogens (primary N) is 1. The predicted molar refractivity (Wildman–Crippen MR) is 74.1 cm³/mol. The number of hydrogen-bond acceptors (Lipinski definition) is 4. The monoisotopic (exact) mass is 315 g/mol. The number of sulfonamides is 1. The van der Waals surface area contributed by atoms with E-state index in [0.717, 1.165) is 12.1 Å². The van der Waals surface area contributed by atoms with Crippen LogP contribution in [0.1, 0.15) is 5.56 Å². The summed E-state index contributed by atoms with van der Waals surface area (Å²) in [6.07, 6.45) is 3.07. The van der Waals surface area contributed by atoms with E-state index in [9.17, 15) is 12.8 Å². The number of benzene rings is 1. The molecule has 0 atom stereocenters. The molecule has 0 aliphatic heterocycles. The van der Waals surface area contributed by atoms with Crippen LogP contribution in [-0.4, -0.2) is 13.4 Å². The van der Waals surface area contributed by atoms with Crippen molar-refractivity contribution in [2.45, 2.75) is 11.4 Å². The highest BCUT2D eigenvalue weighted by Crippen LogP contribution is 2.25. The maximum absolute atomic E-state index is 13.8. The van der Waals surface area contributed by atoms with E-state index in [1.54, 1.807) is 18.3 Å². The van der Waals surface area contributed by atoms with Crippen molar-refractivity contribution in [3.05, 3.63) is 53.1 Å². The molecule has 1 aromatic heterocycles. The lowest BCUT2D eigenvalue weighted by Gasteiger charge is -2.09. The van der Waals surface area contributed by atoms with Crippen LogP contribution in [0.3, 0.4) is 0 Å². The largest absolute Gasteiger partial charge is 0.396 e. The van der Waals surface area contributed by atoms with Gasteiger partial charge in [-0.2, -0.15) is 0 Å². The van der Waals surface area contributed by atoms with Crippen LogP contribution < -0.4 is 10.5 Å². The molecule has 0 spiro atoms. The second kappa shape index (κ2) is 5.74. The van der Waals surface area contributed by atoms with E-state index in [2.05, 4.69) is 9.71 Å². The molecule has 20 heavy (non-hydrogen) atoms. The number of halogens is 2. The van der Waals surface area contributed by atoms with Gasteiger partial charge >= 0.3 is 0 Å². The predicted octanol–water partition coefficient (Wildman–Crippen LogP) is 1.93. The van der Waals surface area contributed by atoms with Crippen molar-refractivity contribution < 1.29 is 12.8 Å². The van der Waals surface area contributed by atoms with Crippen molar-refractivity contribution in [1.29, 1.82) is 0 Å². The molecule has 3 N–H and O–H groups in total. The van der Waals surface area contributed by atoms with E-state index < -0.39 is 20.7 Å². The highest BCUT2D eigenvalue weighted by Gasteiger charge is 2.21. The number of pyridine rings is 1. The highest BCUT2D eigenvalue weighted by atomic mass is 35.5. The third-order valence-corrected chi connectivity index (χ3v) is 4.13. The quantitative estimate of drug-likeness (QED) is 0.844. The molecule has 8 heteroatoms. The summed E-state index contributed by atoms with van der Waals surface area (Å²) in [7, 11) is -4.05. The van der Waals surface area contributed by atoms with Crippen molar-refractivity contribution in [1.82, 2.24) is 9.71 Å². The third kappa shape index (κ3) is 3.24. The first-order valence-electron chi connectivity index (χ1n) is 5.53. The normalized spacial score (nSPS) is 11.5. The topological polar surface area (TPSA) is 85.1 Å². The number of anilines is 1. The molecule has 0 radical (unpaired) electrons. The molecule has 5 nitrogen and oxygen atoms in total. The second-order valence-corrected chi connectivity index (χ2v) is 6.16. The Kier molecular flexibility index (Phi) is 4.22. The van der Waals surface area contributed by atoms with E-state index in [1.807, 2.05) is 0 Å². The van der Waals surface area contributed by atoms with Gasteiger partial charge in [-0.05, 0) is 23.8 Å². The SMILES string of the molecule is Nc1cc(Cl)cc(S(=O)(=O)NCc2cccnc2)c1F. The molecule has 0 aliphatic carbocycles. The first-order chi connectivity index (χ1) is 9.40. The number of nitrogens with one attached hydrogen (secondary N) is 1. The van der Waals surface area contributed by atoms with Gasteiger partial charge in [0.2, 0.25) is 10.0 Å². The van der Waals surface area contributed by atoms with Crippen molar-refractivity contribution in [3.63, 3.8) is 0 Å². The van der Waals surface area contributed by atoms with Gasteiger partial charge in [-0.3, -0.25) is 4.98 Å². The van der Waals surface area contributed by atoms with Crippen molar-refractivity contribution in [2.24, 2.45) is 0 Å². The Labute approximate surface area is 120 Å². The smallest absolute Gasteiger partial charge is 0.243 e. The summed E-state index contributed by atoms with van der Waals surface area (Å²) in [6.45, 7) is -0.0119. The molecule has 0 aliphatic rings. The van der Waals surface area contributed by atoms with Crippen LogP contribution in [-0.2, 0) is 16.6 Å². The molecule has 1 aromatic carbocycles. The van der Waals surface area contributed by atoms with E-state index in [0.29, 0.717) is 5.56 Å². The van der Waals surface area contributed by atoms with Crippen LogP contribution >= 0.6 is 11.6 Å². The molecule has 2 aromatic rings. The molecule has 106 valence electrons. The van der Waals surface area contributed by atoms with Crippen molar-refractivity contribution in [3.8, 4) is 0 Å². The van der Waals surface area contributed by atoms with Gasteiger partial charge in [0.25, 0.3) is 0 Å². The van der Waals surface area contributed by atoms with E-state index in [4.69, 9.17) is 17.3 Å². The van der Waals surface area contributed by atoms with Gasteiger partial charge in [-0.15, -0.1) is 0 Å². The Morgan fingerprint density at radius 3 is 2.80 bits per heavy atom. The fraction of sp³-hybridized carbons (Fsp3) is 0.0833. The van der Waals surface area contributed by atoms with Crippen LogP contribution in [0.25, 0.3) is 0 Å². The summed E-state index contributed by atoms with van der Waals surface area (Å²) in [5.74, 6) is -1.02. The summed E-state index contributed by atoms with van der Waals surface area (Å²) in [5.41, 5.74) is 5.69. The average molecular weight is 316 g/mol. The summed E-state index contributed by atoms with van der Waals surface area (Å²) in [4.78, 5) is 3.28. The molecule has 0 saturated carbocycles. The van der Waals surface area contributed by atoms with Crippen LogP contribution in [0.2, 0.25) is 5.02 Å². The van der Waals surface area contributed by atoms with Crippen molar-refractivity contribution in [2.75, 3.05) is 5.73 Å². The zero-order chi connectivity index (χ0) is 14.8. The van der Waals surface area contributed by atoms with E-state index in [-0.39, 0.29) is 17.3 Å². The zero-order valence-electron chi connectivity index (χ0n) is 10.2. The Morgan fingerprint density at radius 2 is 2.15 bits per heavy atom. The lowest BCUT2D eigenvalue weighted by atomic mass is 10.3. The second-order valence-electron chi connectivity index (χ2n) is 3.99. The molecule has 0 saturated heterocycles. The molecular weight excluding hydrogens is 305 g/mol. The first-order valence-corrected chi connectivity index (χ1v) is 7.39. The van der Waals surface area contributed by atoms with Gasteiger partial charge in [0, 0.05) is 24.0 Å². The van der Waals surface area contributed by atoms with Gasteiger partial charge in [0.15, 0.2) is 5.82 Å². The number of nitrogen functional groups attached to an aromatic ring is 1. The Bertz CT molecular complexity index is 723. The van der Waals surface area contributed by atoms with Crippen LogP contribution in [0.4, 0.5) is 10.1 Å².